The van der Waals surface area contributed by atoms with E-state index in [2.05, 4.69) is 12.2 Å². The van der Waals surface area contributed by atoms with Gasteiger partial charge in [0.1, 0.15) is 5.75 Å². The van der Waals surface area contributed by atoms with Gasteiger partial charge in [0, 0.05) is 15.5 Å². The van der Waals surface area contributed by atoms with Crippen LogP contribution in [0.3, 0.4) is 0 Å². The second-order valence-corrected chi connectivity index (χ2v) is 6.62. The van der Waals surface area contributed by atoms with Gasteiger partial charge in [0.25, 0.3) is 0 Å². The molecular weight excluding hydrogens is 328 g/mol. The highest BCUT2D eigenvalue weighted by Gasteiger charge is 2.11. The van der Waals surface area contributed by atoms with Crippen molar-refractivity contribution in [1.29, 1.82) is 0 Å². The van der Waals surface area contributed by atoms with Gasteiger partial charge in [0.15, 0.2) is 5.13 Å². The fraction of sp³-hybridized carbons (Fsp3) is 0.167. The molecule has 23 heavy (non-hydrogen) atoms. The van der Waals surface area contributed by atoms with Gasteiger partial charge in [0.05, 0.1) is 18.0 Å². The first kappa shape index (κ1) is 15.8. The van der Waals surface area contributed by atoms with Gasteiger partial charge < -0.3 is 10.1 Å². The molecule has 2 aromatic carbocycles. The summed E-state index contributed by atoms with van der Waals surface area (Å²) in [5.74, 6) is 0.830. The van der Waals surface area contributed by atoms with E-state index in [0.717, 1.165) is 37.7 Å². The van der Waals surface area contributed by atoms with Crippen molar-refractivity contribution >= 4 is 33.8 Å². The summed E-state index contributed by atoms with van der Waals surface area (Å²) in [5.41, 5.74) is 2.96. The summed E-state index contributed by atoms with van der Waals surface area (Å²) in [7, 11) is 0. The molecule has 3 rings (SSSR count). The highest BCUT2D eigenvalue weighted by molar-refractivity contribution is 7.16. The molecule has 0 atom stereocenters. The van der Waals surface area contributed by atoms with E-state index in [1.165, 1.54) is 0 Å². The molecule has 0 spiro atoms. The predicted molar refractivity (Wildman–Crippen MR) is 98.2 cm³/mol. The minimum absolute atomic E-state index is 0.631. The Morgan fingerprint density at radius 2 is 1.87 bits per heavy atom. The molecule has 0 bridgehead atoms. The maximum absolute atomic E-state index is 5.95. The first-order valence-corrected chi connectivity index (χ1v) is 8.59. The van der Waals surface area contributed by atoms with Crippen LogP contribution in [0.1, 0.15) is 11.8 Å². The molecule has 1 heterocycles. The van der Waals surface area contributed by atoms with E-state index in [0.29, 0.717) is 6.61 Å². The Morgan fingerprint density at radius 1 is 1.13 bits per heavy atom. The molecule has 0 aliphatic rings. The van der Waals surface area contributed by atoms with E-state index in [1.54, 1.807) is 11.3 Å². The molecule has 1 aromatic heterocycles. The lowest BCUT2D eigenvalue weighted by molar-refractivity contribution is 0.342. The van der Waals surface area contributed by atoms with Gasteiger partial charge in [-0.2, -0.15) is 0 Å². The molecule has 0 radical (unpaired) electrons. The summed E-state index contributed by atoms with van der Waals surface area (Å²) in [6.45, 7) is 4.68. The number of nitrogens with one attached hydrogen (secondary N) is 1. The molecule has 0 fully saturated rings. The van der Waals surface area contributed by atoms with Crippen LogP contribution >= 0.6 is 22.9 Å². The zero-order valence-corrected chi connectivity index (χ0v) is 14.5. The molecule has 0 unspecified atom stereocenters. The van der Waals surface area contributed by atoms with Crippen LogP contribution in [0.15, 0.2) is 48.5 Å². The Balaban J connectivity index is 1.88. The summed E-state index contributed by atoms with van der Waals surface area (Å²) in [4.78, 5) is 5.87. The Bertz CT molecular complexity index is 799. The lowest BCUT2D eigenvalue weighted by Crippen LogP contribution is -1.97. The van der Waals surface area contributed by atoms with E-state index < -0.39 is 0 Å². The number of para-hydroxylation sites is 2. The third-order valence-electron chi connectivity index (χ3n) is 3.34. The monoisotopic (exact) mass is 344 g/mol. The molecular formula is C18H17ClN2OS. The van der Waals surface area contributed by atoms with Crippen LogP contribution in [0.5, 0.6) is 5.75 Å². The molecule has 0 amide bonds. The van der Waals surface area contributed by atoms with Crippen LogP contribution in [0, 0.1) is 6.92 Å². The number of rotatable bonds is 5. The van der Waals surface area contributed by atoms with Gasteiger partial charge in [-0.3, -0.25) is 0 Å². The SMILES string of the molecule is CCOc1ccccc1Nc1nc(-c2ccc(Cl)cc2)c(C)s1. The van der Waals surface area contributed by atoms with Crippen LogP contribution in [0.25, 0.3) is 11.3 Å². The second kappa shape index (κ2) is 7.02. The topological polar surface area (TPSA) is 34.1 Å². The summed E-state index contributed by atoms with van der Waals surface area (Å²) in [5, 5.41) is 4.93. The molecule has 0 aliphatic carbocycles. The molecule has 1 N–H and O–H groups in total. The van der Waals surface area contributed by atoms with E-state index >= 15 is 0 Å². The van der Waals surface area contributed by atoms with Crippen molar-refractivity contribution in [2.75, 3.05) is 11.9 Å². The van der Waals surface area contributed by atoms with Crippen molar-refractivity contribution in [3.8, 4) is 17.0 Å². The van der Waals surface area contributed by atoms with Crippen LogP contribution in [0.4, 0.5) is 10.8 Å². The predicted octanol–water partition coefficient (Wildman–Crippen LogP) is 5.91. The summed E-state index contributed by atoms with van der Waals surface area (Å²) >= 11 is 7.58. The van der Waals surface area contributed by atoms with Crippen LogP contribution in [0.2, 0.25) is 5.02 Å². The van der Waals surface area contributed by atoms with Gasteiger partial charge in [-0.05, 0) is 38.1 Å². The lowest BCUT2D eigenvalue weighted by atomic mass is 10.1. The number of aryl methyl sites for hydroxylation is 1. The number of thiazole rings is 1. The van der Waals surface area contributed by atoms with E-state index in [1.807, 2.05) is 55.5 Å². The summed E-state index contributed by atoms with van der Waals surface area (Å²) in [6, 6.07) is 15.6. The minimum atomic E-state index is 0.631. The van der Waals surface area contributed by atoms with E-state index in [9.17, 15) is 0 Å². The Morgan fingerprint density at radius 3 is 2.61 bits per heavy atom. The van der Waals surface area contributed by atoms with Crippen molar-refractivity contribution < 1.29 is 4.74 Å². The third kappa shape index (κ3) is 3.66. The second-order valence-electron chi connectivity index (χ2n) is 4.98. The zero-order valence-electron chi connectivity index (χ0n) is 13.0. The van der Waals surface area contributed by atoms with Gasteiger partial charge in [-0.1, -0.05) is 35.9 Å². The van der Waals surface area contributed by atoms with Crippen LogP contribution in [-0.4, -0.2) is 11.6 Å². The molecule has 3 nitrogen and oxygen atoms in total. The number of hydrogen-bond acceptors (Lipinski definition) is 4. The standard InChI is InChI=1S/C18H17ClN2OS/c1-3-22-16-7-5-4-6-15(16)20-18-21-17(12(2)23-18)13-8-10-14(19)11-9-13/h4-11H,3H2,1-2H3,(H,20,21). The Kier molecular flexibility index (Phi) is 4.84. The third-order valence-corrected chi connectivity index (χ3v) is 4.48. The van der Waals surface area contributed by atoms with Crippen molar-refractivity contribution in [3.63, 3.8) is 0 Å². The molecule has 0 saturated carbocycles. The van der Waals surface area contributed by atoms with Gasteiger partial charge in [-0.15, -0.1) is 11.3 Å². The number of halogens is 1. The van der Waals surface area contributed by atoms with Crippen LogP contribution in [-0.2, 0) is 0 Å². The minimum Gasteiger partial charge on any atom is -0.492 e. The molecule has 118 valence electrons. The smallest absolute Gasteiger partial charge is 0.188 e. The average Bonchev–Trinajstić information content (AvgIpc) is 2.91. The number of benzene rings is 2. The zero-order chi connectivity index (χ0) is 16.2. The molecule has 0 saturated heterocycles. The van der Waals surface area contributed by atoms with Gasteiger partial charge in [0.2, 0.25) is 0 Å². The quantitative estimate of drug-likeness (QED) is 0.624. The first-order valence-electron chi connectivity index (χ1n) is 7.39. The van der Waals surface area contributed by atoms with Crippen molar-refractivity contribution in [2.24, 2.45) is 0 Å². The van der Waals surface area contributed by atoms with Gasteiger partial charge in [-0.25, -0.2) is 4.98 Å². The number of aromatic nitrogens is 1. The lowest BCUT2D eigenvalue weighted by Gasteiger charge is -2.09. The van der Waals surface area contributed by atoms with Crippen molar-refractivity contribution in [1.82, 2.24) is 4.98 Å². The normalized spacial score (nSPS) is 10.6. The highest BCUT2D eigenvalue weighted by Crippen LogP contribution is 2.34. The molecule has 0 aliphatic heterocycles. The van der Waals surface area contributed by atoms with Crippen molar-refractivity contribution in [2.45, 2.75) is 13.8 Å². The highest BCUT2D eigenvalue weighted by atomic mass is 35.5. The average molecular weight is 345 g/mol. The largest absolute Gasteiger partial charge is 0.492 e. The summed E-state index contributed by atoms with van der Waals surface area (Å²) < 4.78 is 5.64. The van der Waals surface area contributed by atoms with E-state index in [-0.39, 0.29) is 0 Å². The number of anilines is 2. The molecule has 3 aromatic rings. The fourth-order valence-electron chi connectivity index (χ4n) is 2.29. The summed E-state index contributed by atoms with van der Waals surface area (Å²) in [6.07, 6.45) is 0. The van der Waals surface area contributed by atoms with Crippen molar-refractivity contribution in [3.05, 3.63) is 58.4 Å². The molecule has 5 heteroatoms. The maximum Gasteiger partial charge on any atom is 0.188 e. The van der Waals surface area contributed by atoms with E-state index in [4.69, 9.17) is 21.3 Å². The number of ether oxygens (including phenoxy) is 1. The Hall–Kier alpha value is -2.04. The van der Waals surface area contributed by atoms with Gasteiger partial charge >= 0.3 is 0 Å². The Labute approximate surface area is 144 Å². The number of hydrogen-bond donors (Lipinski definition) is 1. The number of nitrogens with zero attached hydrogens (tertiary/aromatic N) is 1. The maximum atomic E-state index is 5.95. The first-order chi connectivity index (χ1) is 11.2. The van der Waals surface area contributed by atoms with Crippen LogP contribution < -0.4 is 10.1 Å². The fourth-order valence-corrected chi connectivity index (χ4v) is 3.27.